The predicted molar refractivity (Wildman–Crippen MR) is 102 cm³/mol. The third-order valence-electron chi connectivity index (χ3n) is 4.95. The molecule has 7 heteroatoms. The first-order valence-corrected chi connectivity index (χ1v) is 10.1. The molecule has 2 unspecified atom stereocenters. The average Bonchev–Trinajstić information content (AvgIpc) is 3.35. The fourth-order valence-electron chi connectivity index (χ4n) is 3.40. The SMILES string of the molecule is CN=C(NCc1sc(C)nc1C)NC1CCCC(C(=O)NC2CC2)C1. The van der Waals surface area contributed by atoms with Gasteiger partial charge in [-0.1, -0.05) is 6.42 Å². The summed E-state index contributed by atoms with van der Waals surface area (Å²) < 4.78 is 0. The summed E-state index contributed by atoms with van der Waals surface area (Å²) in [5.74, 6) is 1.18. The number of carbonyl (C=O) groups excluding carboxylic acids is 1. The number of carbonyl (C=O) groups is 1. The van der Waals surface area contributed by atoms with Crippen LogP contribution in [0.5, 0.6) is 0 Å². The van der Waals surface area contributed by atoms with Crippen LogP contribution in [0, 0.1) is 19.8 Å². The lowest BCUT2D eigenvalue weighted by Gasteiger charge is -2.30. The highest BCUT2D eigenvalue weighted by molar-refractivity contribution is 7.11. The monoisotopic (exact) mass is 363 g/mol. The second kappa shape index (κ2) is 8.17. The highest BCUT2D eigenvalue weighted by atomic mass is 32.1. The van der Waals surface area contributed by atoms with Gasteiger partial charge < -0.3 is 16.0 Å². The quantitative estimate of drug-likeness (QED) is 0.554. The van der Waals surface area contributed by atoms with Crippen molar-refractivity contribution in [1.82, 2.24) is 20.9 Å². The molecule has 138 valence electrons. The van der Waals surface area contributed by atoms with E-state index in [9.17, 15) is 4.79 Å². The molecule has 1 heterocycles. The van der Waals surface area contributed by atoms with Gasteiger partial charge in [0.1, 0.15) is 0 Å². The van der Waals surface area contributed by atoms with Crippen LogP contribution >= 0.6 is 11.3 Å². The van der Waals surface area contributed by atoms with Crippen LogP contribution in [0.15, 0.2) is 4.99 Å². The molecule has 1 aromatic rings. The first-order valence-electron chi connectivity index (χ1n) is 9.25. The van der Waals surface area contributed by atoms with E-state index in [1.165, 1.54) is 4.88 Å². The molecule has 0 aromatic carbocycles. The highest BCUT2D eigenvalue weighted by Gasteiger charge is 2.31. The lowest BCUT2D eigenvalue weighted by atomic mass is 9.85. The smallest absolute Gasteiger partial charge is 0.223 e. The summed E-state index contributed by atoms with van der Waals surface area (Å²) in [6.07, 6.45) is 6.36. The molecule has 3 rings (SSSR count). The Kier molecular flexibility index (Phi) is 5.93. The number of aliphatic imine (C=N–C) groups is 1. The van der Waals surface area contributed by atoms with Gasteiger partial charge in [-0.05, 0) is 46.0 Å². The maximum atomic E-state index is 12.3. The van der Waals surface area contributed by atoms with Crippen molar-refractivity contribution < 1.29 is 4.79 Å². The average molecular weight is 364 g/mol. The zero-order valence-electron chi connectivity index (χ0n) is 15.4. The van der Waals surface area contributed by atoms with E-state index in [1.807, 2.05) is 13.8 Å². The Morgan fingerprint density at radius 1 is 1.20 bits per heavy atom. The lowest BCUT2D eigenvalue weighted by Crippen LogP contribution is -2.47. The molecule has 2 aliphatic carbocycles. The summed E-state index contributed by atoms with van der Waals surface area (Å²) in [6, 6.07) is 0.751. The third kappa shape index (κ3) is 5.17. The van der Waals surface area contributed by atoms with Gasteiger partial charge in [-0.15, -0.1) is 11.3 Å². The Hall–Kier alpha value is -1.63. The summed E-state index contributed by atoms with van der Waals surface area (Å²) in [6.45, 7) is 4.80. The van der Waals surface area contributed by atoms with E-state index in [2.05, 4.69) is 25.9 Å². The third-order valence-corrected chi connectivity index (χ3v) is 6.02. The molecule has 2 aliphatic rings. The van der Waals surface area contributed by atoms with E-state index >= 15 is 0 Å². The molecular formula is C18H29N5OS. The molecule has 6 nitrogen and oxygen atoms in total. The topological polar surface area (TPSA) is 78.4 Å². The largest absolute Gasteiger partial charge is 0.354 e. The van der Waals surface area contributed by atoms with Crippen LogP contribution in [0.2, 0.25) is 0 Å². The van der Waals surface area contributed by atoms with Crippen LogP contribution in [0.25, 0.3) is 0 Å². The highest BCUT2D eigenvalue weighted by Crippen LogP contribution is 2.26. The number of thiazole rings is 1. The second-order valence-corrected chi connectivity index (χ2v) is 8.44. The molecule has 0 aliphatic heterocycles. The Balaban J connectivity index is 1.48. The number of rotatable bonds is 5. The molecule has 2 atom stereocenters. The van der Waals surface area contributed by atoms with Gasteiger partial charge in [-0.3, -0.25) is 9.79 Å². The van der Waals surface area contributed by atoms with E-state index < -0.39 is 0 Å². The van der Waals surface area contributed by atoms with Crippen molar-refractivity contribution in [3.8, 4) is 0 Å². The van der Waals surface area contributed by atoms with Gasteiger partial charge in [0.05, 0.1) is 17.2 Å². The Bertz CT molecular complexity index is 637. The number of aryl methyl sites for hydroxylation is 2. The standard InChI is InChI=1S/C18H29N5OS/c1-11-16(25-12(2)21-11)10-20-18(19-3)23-15-6-4-5-13(9-15)17(24)22-14-7-8-14/h13-15H,4-10H2,1-3H3,(H,22,24)(H2,19,20,23). The molecule has 0 saturated heterocycles. The lowest BCUT2D eigenvalue weighted by molar-refractivity contribution is -0.126. The van der Waals surface area contributed by atoms with Gasteiger partial charge in [0.25, 0.3) is 0 Å². The molecule has 0 radical (unpaired) electrons. The van der Waals surface area contributed by atoms with E-state index in [1.54, 1.807) is 18.4 Å². The van der Waals surface area contributed by atoms with Gasteiger partial charge in [-0.2, -0.15) is 0 Å². The molecule has 0 bridgehead atoms. The van der Waals surface area contributed by atoms with Crippen LogP contribution in [-0.2, 0) is 11.3 Å². The fraction of sp³-hybridized carbons (Fsp3) is 0.722. The fourth-order valence-corrected chi connectivity index (χ4v) is 4.27. The van der Waals surface area contributed by atoms with Gasteiger partial charge >= 0.3 is 0 Å². The van der Waals surface area contributed by atoms with E-state index in [0.717, 1.165) is 61.7 Å². The van der Waals surface area contributed by atoms with Crippen LogP contribution in [0.4, 0.5) is 0 Å². The van der Waals surface area contributed by atoms with Gasteiger partial charge in [0.15, 0.2) is 5.96 Å². The van der Waals surface area contributed by atoms with E-state index in [0.29, 0.717) is 12.1 Å². The summed E-state index contributed by atoms with van der Waals surface area (Å²) in [7, 11) is 1.79. The first kappa shape index (κ1) is 18.2. The van der Waals surface area contributed by atoms with Crippen LogP contribution < -0.4 is 16.0 Å². The first-order chi connectivity index (χ1) is 12.0. The number of nitrogens with one attached hydrogen (secondary N) is 3. The van der Waals surface area contributed by atoms with Gasteiger partial charge in [0, 0.05) is 29.9 Å². The van der Waals surface area contributed by atoms with Gasteiger partial charge in [0.2, 0.25) is 5.91 Å². The Labute approximate surface area is 153 Å². The molecule has 3 N–H and O–H groups in total. The number of nitrogens with zero attached hydrogens (tertiary/aromatic N) is 2. The molecule has 0 spiro atoms. The van der Waals surface area contributed by atoms with Crippen molar-refractivity contribution in [3.63, 3.8) is 0 Å². The molecule has 1 aromatic heterocycles. The molecule has 25 heavy (non-hydrogen) atoms. The van der Waals surface area contributed by atoms with Crippen molar-refractivity contribution in [2.24, 2.45) is 10.9 Å². The summed E-state index contributed by atoms with van der Waals surface area (Å²) in [4.78, 5) is 22.4. The molecule has 2 fully saturated rings. The normalized spacial score (nSPS) is 24.0. The zero-order valence-corrected chi connectivity index (χ0v) is 16.2. The van der Waals surface area contributed by atoms with Crippen molar-refractivity contribution in [3.05, 3.63) is 15.6 Å². The Morgan fingerprint density at radius 3 is 2.64 bits per heavy atom. The molecule has 2 saturated carbocycles. The minimum Gasteiger partial charge on any atom is -0.354 e. The number of amides is 1. The molecular weight excluding hydrogens is 334 g/mol. The van der Waals surface area contributed by atoms with Crippen LogP contribution in [-0.4, -0.2) is 36.0 Å². The van der Waals surface area contributed by atoms with Crippen molar-refractivity contribution in [1.29, 1.82) is 0 Å². The second-order valence-electron chi connectivity index (χ2n) is 7.15. The van der Waals surface area contributed by atoms with Crippen LogP contribution in [0.3, 0.4) is 0 Å². The van der Waals surface area contributed by atoms with E-state index in [-0.39, 0.29) is 11.8 Å². The maximum Gasteiger partial charge on any atom is 0.223 e. The zero-order chi connectivity index (χ0) is 17.8. The maximum absolute atomic E-state index is 12.3. The van der Waals surface area contributed by atoms with Crippen molar-refractivity contribution in [2.75, 3.05) is 7.05 Å². The minimum atomic E-state index is 0.136. The number of guanidine groups is 1. The number of aromatic nitrogens is 1. The minimum absolute atomic E-state index is 0.136. The Morgan fingerprint density at radius 2 is 2.00 bits per heavy atom. The number of hydrogen-bond donors (Lipinski definition) is 3. The van der Waals surface area contributed by atoms with E-state index in [4.69, 9.17) is 0 Å². The summed E-state index contributed by atoms with van der Waals surface area (Å²) >= 11 is 1.72. The van der Waals surface area contributed by atoms with Crippen LogP contribution in [0.1, 0.15) is 54.1 Å². The predicted octanol–water partition coefficient (Wildman–Crippen LogP) is 2.26. The van der Waals surface area contributed by atoms with Gasteiger partial charge in [-0.25, -0.2) is 4.98 Å². The van der Waals surface area contributed by atoms with Crippen molar-refractivity contribution in [2.45, 2.75) is 71.0 Å². The van der Waals surface area contributed by atoms with Crippen molar-refractivity contribution >= 4 is 23.2 Å². The summed E-state index contributed by atoms with van der Waals surface area (Å²) in [5.41, 5.74) is 1.08. The number of hydrogen-bond acceptors (Lipinski definition) is 4. The summed E-state index contributed by atoms with van der Waals surface area (Å²) in [5, 5.41) is 11.1. The molecule has 1 amide bonds.